The van der Waals surface area contributed by atoms with Crippen LogP contribution in [0.15, 0.2) is 59.9 Å². The minimum atomic E-state index is -0.415. The fourth-order valence-electron chi connectivity index (χ4n) is 4.49. The lowest BCUT2D eigenvalue weighted by molar-refractivity contribution is -0.127. The molecule has 1 saturated heterocycles. The van der Waals surface area contributed by atoms with Gasteiger partial charge in [0.2, 0.25) is 0 Å². The maximum Gasteiger partial charge on any atom is 0.254 e. The first-order chi connectivity index (χ1) is 16.3. The number of benzene rings is 2. The van der Waals surface area contributed by atoms with Crippen molar-refractivity contribution in [2.24, 2.45) is 0 Å². The number of hydrogen-bond donors (Lipinski definition) is 1. The summed E-state index contributed by atoms with van der Waals surface area (Å²) in [5.41, 5.74) is 3.27. The highest BCUT2D eigenvalue weighted by Gasteiger charge is 2.36. The van der Waals surface area contributed by atoms with E-state index in [0.29, 0.717) is 51.8 Å². The molecule has 3 aromatic rings. The molecule has 0 saturated carbocycles. The molecule has 1 aromatic heterocycles. The third-order valence-corrected chi connectivity index (χ3v) is 7.71. The van der Waals surface area contributed by atoms with Crippen LogP contribution in [-0.2, 0) is 4.79 Å². The quantitative estimate of drug-likeness (QED) is 0.437. The van der Waals surface area contributed by atoms with Gasteiger partial charge in [-0.3, -0.25) is 4.79 Å². The number of nitrogens with one attached hydrogen (secondary N) is 1. The van der Waals surface area contributed by atoms with E-state index in [1.807, 2.05) is 40.8 Å². The molecule has 1 amide bonds. The Morgan fingerprint density at radius 1 is 0.912 bits per heavy atom. The van der Waals surface area contributed by atoms with Gasteiger partial charge >= 0.3 is 0 Å². The molecule has 10 heteroatoms. The third-order valence-electron chi connectivity index (χ3n) is 6.23. The Morgan fingerprint density at radius 3 is 2.26 bits per heavy atom. The number of hydrogen-bond acceptors (Lipinski definition) is 4. The van der Waals surface area contributed by atoms with Gasteiger partial charge in [0.1, 0.15) is 11.9 Å². The van der Waals surface area contributed by atoms with Crippen molar-refractivity contribution in [3.05, 3.63) is 85.6 Å². The van der Waals surface area contributed by atoms with Crippen molar-refractivity contribution in [2.75, 3.05) is 36.4 Å². The number of anilines is 2. The number of amides is 1. The fraction of sp³-hybridized carbons (Fsp3) is 0.250. The number of allylic oxidation sites excluding steroid dienone is 1. The molecule has 2 aromatic carbocycles. The average Bonchev–Trinajstić information content (AvgIpc) is 3.29. The number of nitrogens with zero attached hydrogens (tertiary/aromatic N) is 4. The first-order valence-corrected chi connectivity index (χ1v) is 12.3. The van der Waals surface area contributed by atoms with Crippen LogP contribution in [0.4, 0.5) is 11.5 Å². The molecule has 1 N–H and O–H groups in total. The summed E-state index contributed by atoms with van der Waals surface area (Å²) in [5.74, 6) is 0.783. The van der Waals surface area contributed by atoms with Crippen LogP contribution < -0.4 is 10.2 Å². The van der Waals surface area contributed by atoms with E-state index in [4.69, 9.17) is 46.4 Å². The van der Waals surface area contributed by atoms with E-state index in [-0.39, 0.29) is 5.91 Å². The van der Waals surface area contributed by atoms with Gasteiger partial charge in [0.25, 0.3) is 5.91 Å². The maximum absolute atomic E-state index is 13.8. The standard InChI is InChI=1S/C24H21Cl4N5O/c1-14-22(23(33-21(30-14)6-7-29-33)15-2-4-17(25)19(27)12-15)24(34)32-10-8-31(9-11-32)16-3-5-18(26)20(28)13-16/h2-7,12-13,23,30H,8-11H2,1H3. The van der Waals surface area contributed by atoms with Crippen LogP contribution in [0.3, 0.4) is 0 Å². The summed E-state index contributed by atoms with van der Waals surface area (Å²) in [7, 11) is 0. The molecular weight excluding hydrogens is 516 g/mol. The Balaban J connectivity index is 1.41. The highest BCUT2D eigenvalue weighted by Crippen LogP contribution is 2.38. The molecule has 176 valence electrons. The Labute approximate surface area is 217 Å². The SMILES string of the molecule is CC1=C(C(=O)N2CCN(c3ccc(Cl)c(Cl)c3)CC2)C(c2ccc(Cl)c(Cl)c2)n2nccc2N1. The lowest BCUT2D eigenvalue weighted by Crippen LogP contribution is -2.50. The van der Waals surface area contributed by atoms with Crippen LogP contribution in [0, 0.1) is 0 Å². The molecule has 5 rings (SSSR count). The van der Waals surface area contributed by atoms with Crippen molar-refractivity contribution in [2.45, 2.75) is 13.0 Å². The minimum absolute atomic E-state index is 0.0315. The third kappa shape index (κ3) is 4.24. The topological polar surface area (TPSA) is 53.4 Å². The van der Waals surface area contributed by atoms with Gasteiger partial charge in [-0.05, 0) is 42.8 Å². The van der Waals surface area contributed by atoms with Crippen molar-refractivity contribution in [1.82, 2.24) is 14.7 Å². The zero-order valence-corrected chi connectivity index (χ0v) is 21.3. The van der Waals surface area contributed by atoms with Gasteiger partial charge in [0.05, 0.1) is 31.9 Å². The largest absolute Gasteiger partial charge is 0.368 e. The summed E-state index contributed by atoms with van der Waals surface area (Å²) in [6, 6.07) is 12.5. The molecule has 0 aliphatic carbocycles. The predicted molar refractivity (Wildman–Crippen MR) is 138 cm³/mol. The average molecular weight is 537 g/mol. The number of piperazine rings is 1. The maximum atomic E-state index is 13.8. The highest BCUT2D eigenvalue weighted by atomic mass is 35.5. The normalized spacial score (nSPS) is 18.1. The van der Waals surface area contributed by atoms with Gasteiger partial charge in [-0.2, -0.15) is 5.10 Å². The van der Waals surface area contributed by atoms with E-state index >= 15 is 0 Å². The molecule has 1 fully saturated rings. The van der Waals surface area contributed by atoms with Crippen molar-refractivity contribution in [1.29, 1.82) is 0 Å². The molecule has 2 aliphatic rings. The van der Waals surface area contributed by atoms with Crippen molar-refractivity contribution in [3.8, 4) is 0 Å². The van der Waals surface area contributed by atoms with Crippen LogP contribution >= 0.6 is 46.4 Å². The summed E-state index contributed by atoms with van der Waals surface area (Å²) < 4.78 is 1.81. The number of rotatable bonds is 3. The van der Waals surface area contributed by atoms with Crippen molar-refractivity contribution >= 4 is 63.8 Å². The van der Waals surface area contributed by atoms with Crippen LogP contribution in [0.2, 0.25) is 20.1 Å². The Bertz CT molecular complexity index is 1300. The number of carbonyl (C=O) groups excluding carboxylic acids is 1. The van der Waals surface area contributed by atoms with Crippen molar-refractivity contribution in [3.63, 3.8) is 0 Å². The van der Waals surface area contributed by atoms with Gasteiger partial charge < -0.3 is 15.1 Å². The molecule has 1 unspecified atom stereocenters. The number of carbonyl (C=O) groups is 1. The highest BCUT2D eigenvalue weighted by molar-refractivity contribution is 6.42. The molecule has 6 nitrogen and oxygen atoms in total. The van der Waals surface area contributed by atoms with Crippen LogP contribution in [-0.4, -0.2) is 46.8 Å². The van der Waals surface area contributed by atoms with Crippen LogP contribution in [0.1, 0.15) is 18.5 Å². The zero-order chi connectivity index (χ0) is 24.0. The second-order valence-corrected chi connectivity index (χ2v) is 9.91. The van der Waals surface area contributed by atoms with E-state index in [1.54, 1.807) is 24.4 Å². The molecular formula is C24H21Cl4N5O. The van der Waals surface area contributed by atoms with Gasteiger partial charge in [-0.1, -0.05) is 52.5 Å². The van der Waals surface area contributed by atoms with E-state index in [0.717, 1.165) is 22.8 Å². The van der Waals surface area contributed by atoms with E-state index in [9.17, 15) is 4.79 Å². The second-order valence-electron chi connectivity index (χ2n) is 8.28. The Morgan fingerprint density at radius 2 is 1.59 bits per heavy atom. The monoisotopic (exact) mass is 535 g/mol. The summed E-state index contributed by atoms with van der Waals surface area (Å²) in [4.78, 5) is 17.9. The summed E-state index contributed by atoms with van der Waals surface area (Å²) in [5, 5.41) is 9.75. The molecule has 0 radical (unpaired) electrons. The molecule has 0 spiro atoms. The fourth-order valence-corrected chi connectivity index (χ4v) is 5.09. The number of aromatic nitrogens is 2. The van der Waals surface area contributed by atoms with Crippen molar-refractivity contribution < 1.29 is 4.79 Å². The van der Waals surface area contributed by atoms with E-state index in [2.05, 4.69) is 15.3 Å². The summed E-state index contributed by atoms with van der Waals surface area (Å²) >= 11 is 24.7. The lowest BCUT2D eigenvalue weighted by Gasteiger charge is -2.38. The van der Waals surface area contributed by atoms with Gasteiger partial charge in [0, 0.05) is 43.6 Å². The number of halogens is 4. The molecule has 2 aliphatic heterocycles. The van der Waals surface area contributed by atoms with E-state index < -0.39 is 6.04 Å². The first kappa shape index (κ1) is 23.4. The molecule has 1 atom stereocenters. The minimum Gasteiger partial charge on any atom is -0.368 e. The van der Waals surface area contributed by atoms with Gasteiger partial charge in [-0.25, -0.2) is 4.68 Å². The van der Waals surface area contributed by atoms with E-state index in [1.165, 1.54) is 0 Å². The summed E-state index contributed by atoms with van der Waals surface area (Å²) in [6.45, 7) is 4.45. The Kier molecular flexibility index (Phi) is 6.42. The predicted octanol–water partition coefficient (Wildman–Crippen LogP) is 6.13. The van der Waals surface area contributed by atoms with Gasteiger partial charge in [0.15, 0.2) is 0 Å². The molecule has 0 bridgehead atoms. The zero-order valence-electron chi connectivity index (χ0n) is 18.2. The Hall–Kier alpha value is -2.38. The smallest absolute Gasteiger partial charge is 0.254 e. The van der Waals surface area contributed by atoms with Gasteiger partial charge in [-0.15, -0.1) is 0 Å². The molecule has 3 heterocycles. The molecule has 34 heavy (non-hydrogen) atoms. The number of fused-ring (bicyclic) bond motifs is 1. The lowest BCUT2D eigenvalue weighted by atomic mass is 9.94. The first-order valence-electron chi connectivity index (χ1n) is 10.8. The second kappa shape index (κ2) is 9.34. The summed E-state index contributed by atoms with van der Waals surface area (Å²) in [6.07, 6.45) is 1.71. The van der Waals surface area contributed by atoms with Crippen LogP contribution in [0.25, 0.3) is 0 Å². The van der Waals surface area contributed by atoms with Crippen LogP contribution in [0.5, 0.6) is 0 Å².